The molecule has 0 bridgehead atoms. The number of amides is 1. The van der Waals surface area contributed by atoms with Crippen LogP contribution in [0.3, 0.4) is 0 Å². The summed E-state index contributed by atoms with van der Waals surface area (Å²) in [6, 6.07) is 0.986. The maximum absolute atomic E-state index is 12.1. The first-order valence-electron chi connectivity index (χ1n) is 8.14. The number of carbonyl (C=O) groups excluding carboxylic acids is 1. The van der Waals surface area contributed by atoms with Crippen LogP contribution in [0.15, 0.2) is 6.20 Å². The quantitative estimate of drug-likeness (QED) is 0.858. The van der Waals surface area contributed by atoms with Crippen LogP contribution in [0.1, 0.15) is 48.9 Å². The van der Waals surface area contributed by atoms with Crippen molar-refractivity contribution in [1.82, 2.24) is 14.8 Å². The summed E-state index contributed by atoms with van der Waals surface area (Å²) in [5.74, 6) is 0.331. The van der Waals surface area contributed by atoms with E-state index in [2.05, 4.69) is 21.7 Å². The van der Waals surface area contributed by atoms with Gasteiger partial charge in [-0.05, 0) is 39.2 Å². The highest BCUT2D eigenvalue weighted by Gasteiger charge is 2.39. The van der Waals surface area contributed by atoms with Crippen LogP contribution >= 0.6 is 11.3 Å². The van der Waals surface area contributed by atoms with Crippen molar-refractivity contribution in [3.05, 3.63) is 16.1 Å². The highest BCUT2D eigenvalue weighted by atomic mass is 32.1. The molecule has 116 valence electrons. The lowest BCUT2D eigenvalue weighted by Crippen LogP contribution is -2.47. The lowest BCUT2D eigenvalue weighted by Gasteiger charge is -2.34. The number of hydrogen-bond donors (Lipinski definition) is 0. The van der Waals surface area contributed by atoms with Gasteiger partial charge in [0.2, 0.25) is 5.91 Å². The van der Waals surface area contributed by atoms with Crippen molar-refractivity contribution in [3.8, 4) is 0 Å². The average Bonchev–Trinajstić information content (AvgIpc) is 3.18. The van der Waals surface area contributed by atoms with Crippen LogP contribution in [0.25, 0.3) is 0 Å². The molecule has 1 amide bonds. The summed E-state index contributed by atoms with van der Waals surface area (Å²) in [5, 5.41) is 1.14. The van der Waals surface area contributed by atoms with Gasteiger partial charge < -0.3 is 4.90 Å². The van der Waals surface area contributed by atoms with Crippen LogP contribution in [0.5, 0.6) is 0 Å². The van der Waals surface area contributed by atoms with E-state index >= 15 is 0 Å². The molecule has 3 heterocycles. The normalized spacial score (nSPS) is 26.7. The smallest absolute Gasteiger partial charge is 0.222 e. The zero-order valence-corrected chi connectivity index (χ0v) is 13.9. The van der Waals surface area contributed by atoms with E-state index in [0.717, 1.165) is 24.6 Å². The van der Waals surface area contributed by atoms with Gasteiger partial charge in [0.15, 0.2) is 0 Å². The maximum atomic E-state index is 12.1. The predicted octanol–water partition coefficient (Wildman–Crippen LogP) is 2.82. The molecular weight excluding hydrogens is 282 g/mol. The average molecular weight is 307 g/mol. The van der Waals surface area contributed by atoms with E-state index in [4.69, 9.17) is 0 Å². The topological polar surface area (TPSA) is 36.4 Å². The third kappa shape index (κ3) is 3.14. The van der Waals surface area contributed by atoms with Crippen LogP contribution in [0.2, 0.25) is 0 Å². The Morgan fingerprint density at radius 2 is 2.10 bits per heavy atom. The minimum absolute atomic E-state index is 0.331. The first kappa shape index (κ1) is 15.0. The van der Waals surface area contributed by atoms with Gasteiger partial charge in [-0.25, -0.2) is 4.98 Å². The number of rotatable bonds is 4. The van der Waals surface area contributed by atoms with Crippen LogP contribution in [0.4, 0.5) is 0 Å². The van der Waals surface area contributed by atoms with Crippen LogP contribution in [-0.2, 0) is 11.3 Å². The molecule has 2 saturated heterocycles. The van der Waals surface area contributed by atoms with E-state index in [0.29, 0.717) is 24.4 Å². The Balaban J connectivity index is 1.69. The van der Waals surface area contributed by atoms with E-state index in [1.165, 1.54) is 30.6 Å². The second kappa shape index (κ2) is 6.44. The number of carbonyl (C=O) groups is 1. The zero-order valence-electron chi connectivity index (χ0n) is 13.0. The van der Waals surface area contributed by atoms with Gasteiger partial charge in [0.25, 0.3) is 0 Å². The van der Waals surface area contributed by atoms with Crippen molar-refractivity contribution < 1.29 is 4.79 Å². The molecule has 0 radical (unpaired) electrons. The molecule has 0 spiro atoms. The highest BCUT2D eigenvalue weighted by molar-refractivity contribution is 7.11. The van der Waals surface area contributed by atoms with E-state index in [1.807, 2.05) is 13.1 Å². The number of aryl methyl sites for hydroxylation is 1. The van der Waals surface area contributed by atoms with Gasteiger partial charge in [-0.3, -0.25) is 9.69 Å². The second-order valence-electron chi connectivity index (χ2n) is 6.18. The summed E-state index contributed by atoms with van der Waals surface area (Å²) in [6.45, 7) is 7.16. The largest absolute Gasteiger partial charge is 0.338 e. The lowest BCUT2D eigenvalue weighted by atomic mass is 10.0. The summed E-state index contributed by atoms with van der Waals surface area (Å²) in [7, 11) is 0. The first-order valence-corrected chi connectivity index (χ1v) is 8.95. The molecule has 0 unspecified atom stereocenters. The Bertz CT molecular complexity index is 501. The molecule has 2 aliphatic rings. The number of hydrogen-bond acceptors (Lipinski definition) is 4. The minimum Gasteiger partial charge on any atom is -0.338 e. The SMILES string of the molecule is CCC(=O)N1CCC[C@H]1[C@@H]1CCCN1Cc1cnc(C)s1. The Morgan fingerprint density at radius 1 is 1.33 bits per heavy atom. The fourth-order valence-corrected chi connectivity index (χ4v) is 4.69. The van der Waals surface area contributed by atoms with Crippen molar-refractivity contribution in [2.75, 3.05) is 13.1 Å². The number of aromatic nitrogens is 1. The molecule has 5 heteroatoms. The Hall–Kier alpha value is -0.940. The maximum Gasteiger partial charge on any atom is 0.222 e. The molecule has 1 aromatic heterocycles. The molecule has 21 heavy (non-hydrogen) atoms. The third-order valence-corrected chi connectivity index (χ3v) is 5.71. The van der Waals surface area contributed by atoms with E-state index in [9.17, 15) is 4.79 Å². The van der Waals surface area contributed by atoms with Crippen LogP contribution < -0.4 is 0 Å². The Kier molecular flexibility index (Phi) is 4.60. The standard InChI is InChI=1S/C16H25N3OS/c1-3-16(20)19-9-5-7-15(19)14-6-4-8-18(14)11-13-10-17-12(2)21-13/h10,14-15H,3-9,11H2,1-2H3/t14-,15-/m0/s1. The molecular formula is C16H25N3OS. The number of nitrogens with zero attached hydrogens (tertiary/aromatic N) is 3. The van der Waals surface area contributed by atoms with Gasteiger partial charge in [0, 0.05) is 42.7 Å². The number of likely N-dealkylation sites (tertiary alicyclic amines) is 2. The van der Waals surface area contributed by atoms with Crippen molar-refractivity contribution in [2.45, 2.75) is 64.6 Å². The molecule has 4 nitrogen and oxygen atoms in total. The molecule has 0 saturated carbocycles. The summed E-state index contributed by atoms with van der Waals surface area (Å²) in [6.07, 6.45) is 7.48. The molecule has 2 fully saturated rings. The van der Waals surface area contributed by atoms with Crippen molar-refractivity contribution in [2.24, 2.45) is 0 Å². The van der Waals surface area contributed by atoms with Crippen molar-refractivity contribution in [3.63, 3.8) is 0 Å². The van der Waals surface area contributed by atoms with Gasteiger partial charge in [0.05, 0.1) is 5.01 Å². The summed E-state index contributed by atoms with van der Waals surface area (Å²) in [4.78, 5) is 22.6. The molecule has 0 aliphatic carbocycles. The van der Waals surface area contributed by atoms with Gasteiger partial charge in [-0.1, -0.05) is 6.92 Å². The van der Waals surface area contributed by atoms with E-state index in [-0.39, 0.29) is 0 Å². The van der Waals surface area contributed by atoms with Crippen molar-refractivity contribution in [1.29, 1.82) is 0 Å². The van der Waals surface area contributed by atoms with Gasteiger partial charge in [-0.2, -0.15) is 0 Å². The zero-order chi connectivity index (χ0) is 14.8. The first-order chi connectivity index (χ1) is 10.2. The van der Waals surface area contributed by atoms with Gasteiger partial charge >= 0.3 is 0 Å². The molecule has 2 atom stereocenters. The van der Waals surface area contributed by atoms with Crippen molar-refractivity contribution >= 4 is 17.2 Å². The summed E-state index contributed by atoms with van der Waals surface area (Å²) >= 11 is 1.80. The van der Waals surface area contributed by atoms with Crippen LogP contribution in [-0.4, -0.2) is 45.9 Å². The second-order valence-corrected chi connectivity index (χ2v) is 7.50. The van der Waals surface area contributed by atoms with E-state index in [1.54, 1.807) is 11.3 Å². The molecule has 0 N–H and O–H groups in total. The van der Waals surface area contributed by atoms with Crippen LogP contribution in [0, 0.1) is 6.92 Å². The monoisotopic (exact) mass is 307 g/mol. The summed E-state index contributed by atoms with van der Waals surface area (Å²) < 4.78 is 0. The third-order valence-electron chi connectivity index (χ3n) is 4.81. The van der Waals surface area contributed by atoms with Gasteiger partial charge in [-0.15, -0.1) is 11.3 Å². The van der Waals surface area contributed by atoms with E-state index < -0.39 is 0 Å². The molecule has 1 aromatic rings. The fourth-order valence-electron chi connectivity index (χ4n) is 3.87. The Morgan fingerprint density at radius 3 is 2.81 bits per heavy atom. The minimum atomic E-state index is 0.331. The molecule has 2 aliphatic heterocycles. The predicted molar refractivity (Wildman–Crippen MR) is 85.3 cm³/mol. The number of thiazole rings is 1. The fraction of sp³-hybridized carbons (Fsp3) is 0.750. The Labute approximate surface area is 131 Å². The molecule has 0 aromatic carbocycles. The summed E-state index contributed by atoms with van der Waals surface area (Å²) in [5.41, 5.74) is 0. The van der Waals surface area contributed by atoms with Gasteiger partial charge in [0.1, 0.15) is 0 Å². The molecule has 3 rings (SSSR count). The highest BCUT2D eigenvalue weighted by Crippen LogP contribution is 2.32. The lowest BCUT2D eigenvalue weighted by molar-refractivity contribution is -0.132.